The zero-order valence-corrected chi connectivity index (χ0v) is 19.5. The summed E-state index contributed by atoms with van der Waals surface area (Å²) < 4.78 is 0. The van der Waals surface area contributed by atoms with E-state index in [1.54, 1.807) is 48.5 Å². The van der Waals surface area contributed by atoms with E-state index < -0.39 is 0 Å². The second-order valence-corrected chi connectivity index (χ2v) is 8.92. The van der Waals surface area contributed by atoms with Gasteiger partial charge in [0.05, 0.1) is 0 Å². The summed E-state index contributed by atoms with van der Waals surface area (Å²) in [5.41, 5.74) is 5.00. The first-order valence-corrected chi connectivity index (χ1v) is 11.2. The number of rotatable bonds is 8. The van der Waals surface area contributed by atoms with Crippen molar-refractivity contribution in [2.24, 2.45) is 0 Å². The number of hydrogen-bond acceptors (Lipinski definition) is 4. The molecule has 0 heterocycles. The van der Waals surface area contributed by atoms with Crippen molar-refractivity contribution >= 4 is 24.1 Å². The Morgan fingerprint density at radius 3 is 1.00 bits per heavy atom. The van der Waals surface area contributed by atoms with Crippen LogP contribution in [0.5, 0.6) is 0 Å². The van der Waals surface area contributed by atoms with E-state index in [4.69, 9.17) is 0 Å². The third-order valence-electron chi connectivity index (χ3n) is 6.36. The Morgan fingerprint density at radius 2 is 0.743 bits per heavy atom. The number of carbonyl (C=O) groups excluding carboxylic acids is 4. The van der Waals surface area contributed by atoms with Crippen molar-refractivity contribution in [2.75, 3.05) is 0 Å². The van der Waals surface area contributed by atoms with Crippen LogP contribution in [-0.4, -0.2) is 24.1 Å². The summed E-state index contributed by atoms with van der Waals surface area (Å²) in [4.78, 5) is 47.3. The summed E-state index contributed by atoms with van der Waals surface area (Å²) in [6.07, 6.45) is 1.50. The SMILES string of the molecule is CC(C)(c1ccc(C(=O)c2ccc(C=O)cc2)cc1)c1ccc(C(=O)c2ccc(C=O)cc2)cc1. The van der Waals surface area contributed by atoms with E-state index in [1.807, 2.05) is 48.5 Å². The standard InChI is InChI=1S/C31H24O4/c1-31(2,27-15-11-25(12-16-27)29(34)23-7-3-21(19-32)4-8-23)28-17-13-26(14-18-28)30(35)24-9-5-22(20-33)6-10-24/h3-20H,1-2H3. The minimum absolute atomic E-state index is 0.101. The lowest BCUT2D eigenvalue weighted by Gasteiger charge is -2.26. The minimum atomic E-state index is -0.347. The van der Waals surface area contributed by atoms with Crippen molar-refractivity contribution in [3.63, 3.8) is 0 Å². The van der Waals surface area contributed by atoms with Gasteiger partial charge in [-0.2, -0.15) is 0 Å². The van der Waals surface area contributed by atoms with Crippen molar-refractivity contribution < 1.29 is 19.2 Å². The van der Waals surface area contributed by atoms with E-state index in [9.17, 15) is 19.2 Å². The Balaban J connectivity index is 1.52. The summed E-state index contributed by atoms with van der Waals surface area (Å²) in [5, 5.41) is 0. The van der Waals surface area contributed by atoms with Gasteiger partial charge in [0, 0.05) is 38.8 Å². The smallest absolute Gasteiger partial charge is 0.193 e. The molecule has 0 radical (unpaired) electrons. The number of hydrogen-bond donors (Lipinski definition) is 0. The van der Waals surface area contributed by atoms with Crippen molar-refractivity contribution in [3.8, 4) is 0 Å². The molecule has 35 heavy (non-hydrogen) atoms. The molecule has 0 aromatic heterocycles. The maximum Gasteiger partial charge on any atom is 0.193 e. The molecule has 0 unspecified atom stereocenters. The van der Waals surface area contributed by atoms with Crippen LogP contribution >= 0.6 is 0 Å². The van der Waals surface area contributed by atoms with E-state index >= 15 is 0 Å². The Bertz CT molecular complexity index is 1270. The first-order valence-electron chi connectivity index (χ1n) is 11.2. The normalized spacial score (nSPS) is 11.0. The molecular formula is C31H24O4. The Hall–Kier alpha value is -4.44. The number of aldehydes is 2. The highest BCUT2D eigenvalue weighted by Crippen LogP contribution is 2.32. The zero-order chi connectivity index (χ0) is 25.0. The molecule has 4 heteroatoms. The Kier molecular flexibility index (Phi) is 6.65. The van der Waals surface area contributed by atoms with Crippen LogP contribution in [0.3, 0.4) is 0 Å². The maximum absolute atomic E-state index is 12.8. The number of benzene rings is 4. The van der Waals surface area contributed by atoms with Gasteiger partial charge in [-0.25, -0.2) is 0 Å². The van der Waals surface area contributed by atoms with Gasteiger partial charge in [-0.3, -0.25) is 19.2 Å². The summed E-state index contributed by atoms with van der Waals surface area (Å²) in [5.74, 6) is -0.202. The molecule has 0 aliphatic rings. The van der Waals surface area contributed by atoms with Gasteiger partial charge in [0.25, 0.3) is 0 Å². The highest BCUT2D eigenvalue weighted by atomic mass is 16.1. The van der Waals surface area contributed by atoms with Crippen molar-refractivity contribution in [2.45, 2.75) is 19.3 Å². The fourth-order valence-electron chi connectivity index (χ4n) is 4.00. The summed E-state index contributed by atoms with van der Waals surface area (Å²) in [7, 11) is 0. The van der Waals surface area contributed by atoms with Crippen molar-refractivity contribution in [1.82, 2.24) is 0 Å². The molecule has 172 valence electrons. The van der Waals surface area contributed by atoms with Crippen LogP contribution in [0.2, 0.25) is 0 Å². The first-order chi connectivity index (χ1) is 16.8. The van der Waals surface area contributed by atoms with Gasteiger partial charge in [0.15, 0.2) is 11.6 Å². The van der Waals surface area contributed by atoms with Gasteiger partial charge < -0.3 is 0 Å². The van der Waals surface area contributed by atoms with E-state index in [0.29, 0.717) is 33.4 Å². The molecule has 0 amide bonds. The molecule has 4 aromatic rings. The van der Waals surface area contributed by atoms with Gasteiger partial charge in [-0.05, 0) is 11.1 Å². The molecule has 0 aliphatic carbocycles. The topological polar surface area (TPSA) is 68.3 Å². The molecule has 0 bridgehead atoms. The zero-order valence-electron chi connectivity index (χ0n) is 19.5. The van der Waals surface area contributed by atoms with Gasteiger partial charge in [-0.1, -0.05) is 111 Å². The van der Waals surface area contributed by atoms with Crippen LogP contribution in [-0.2, 0) is 5.41 Å². The maximum atomic E-state index is 12.8. The lowest BCUT2D eigenvalue weighted by atomic mass is 9.77. The van der Waals surface area contributed by atoms with Crippen LogP contribution in [0, 0.1) is 0 Å². The summed E-state index contributed by atoms with van der Waals surface area (Å²) in [6, 6.07) is 28.2. The average molecular weight is 461 g/mol. The summed E-state index contributed by atoms with van der Waals surface area (Å²) in [6.45, 7) is 4.19. The molecule has 4 rings (SSSR count). The van der Waals surface area contributed by atoms with Crippen LogP contribution in [0.4, 0.5) is 0 Å². The second kappa shape index (κ2) is 9.82. The molecule has 0 atom stereocenters. The second-order valence-electron chi connectivity index (χ2n) is 8.92. The lowest BCUT2D eigenvalue weighted by molar-refractivity contribution is 0.103. The van der Waals surface area contributed by atoms with E-state index in [0.717, 1.165) is 23.7 Å². The van der Waals surface area contributed by atoms with Crippen LogP contribution in [0.25, 0.3) is 0 Å². The largest absolute Gasteiger partial charge is 0.298 e. The fraction of sp³-hybridized carbons (Fsp3) is 0.0968. The third kappa shape index (κ3) is 4.92. The van der Waals surface area contributed by atoms with E-state index in [2.05, 4.69) is 13.8 Å². The highest BCUT2D eigenvalue weighted by Gasteiger charge is 2.24. The number of carbonyl (C=O) groups is 4. The molecule has 0 spiro atoms. The first kappa shape index (κ1) is 23.7. The molecule has 0 saturated heterocycles. The Labute approximate surface area is 204 Å². The van der Waals surface area contributed by atoms with Gasteiger partial charge in [-0.15, -0.1) is 0 Å². The van der Waals surface area contributed by atoms with E-state index in [-0.39, 0.29) is 17.0 Å². The average Bonchev–Trinajstić information content (AvgIpc) is 2.92. The van der Waals surface area contributed by atoms with Crippen molar-refractivity contribution in [1.29, 1.82) is 0 Å². The molecule has 4 aromatic carbocycles. The fourth-order valence-corrected chi connectivity index (χ4v) is 4.00. The van der Waals surface area contributed by atoms with Crippen molar-refractivity contribution in [3.05, 3.63) is 142 Å². The minimum Gasteiger partial charge on any atom is -0.298 e. The predicted octanol–water partition coefficient (Wildman–Crippen LogP) is 6.10. The van der Waals surface area contributed by atoms with Crippen LogP contribution < -0.4 is 0 Å². The molecule has 0 fully saturated rings. The molecule has 4 nitrogen and oxygen atoms in total. The molecule has 0 aliphatic heterocycles. The highest BCUT2D eigenvalue weighted by molar-refractivity contribution is 6.09. The third-order valence-corrected chi connectivity index (χ3v) is 6.36. The predicted molar refractivity (Wildman–Crippen MR) is 136 cm³/mol. The number of ketones is 2. The van der Waals surface area contributed by atoms with Crippen LogP contribution in [0.15, 0.2) is 97.1 Å². The Morgan fingerprint density at radius 1 is 0.486 bits per heavy atom. The summed E-state index contributed by atoms with van der Waals surface area (Å²) >= 11 is 0. The molecule has 0 saturated carbocycles. The monoisotopic (exact) mass is 460 g/mol. The van der Waals surface area contributed by atoms with Gasteiger partial charge >= 0.3 is 0 Å². The quantitative estimate of drug-likeness (QED) is 0.235. The van der Waals surface area contributed by atoms with E-state index in [1.165, 1.54) is 0 Å². The van der Waals surface area contributed by atoms with Gasteiger partial charge in [0.1, 0.15) is 12.6 Å². The van der Waals surface area contributed by atoms with Gasteiger partial charge in [0.2, 0.25) is 0 Å². The molecule has 0 N–H and O–H groups in total. The lowest BCUT2D eigenvalue weighted by Crippen LogP contribution is -2.19. The van der Waals surface area contributed by atoms with Crippen LogP contribution in [0.1, 0.15) is 77.5 Å². The molecular weight excluding hydrogens is 436 g/mol.